The summed E-state index contributed by atoms with van der Waals surface area (Å²) in [5, 5.41) is 3.93. The van der Waals surface area contributed by atoms with E-state index in [1.165, 1.54) is 0 Å². The molecule has 6 heteroatoms. The SMILES string of the molecule is NC1(c2noc(-c3coc(Br)c3)n2)CCC1. The van der Waals surface area contributed by atoms with Gasteiger partial charge < -0.3 is 14.7 Å². The van der Waals surface area contributed by atoms with Crippen molar-refractivity contribution in [3.8, 4) is 11.5 Å². The molecule has 0 saturated heterocycles. The molecule has 2 N–H and O–H groups in total. The monoisotopic (exact) mass is 283 g/mol. The van der Waals surface area contributed by atoms with Gasteiger partial charge in [-0.15, -0.1) is 0 Å². The average molecular weight is 284 g/mol. The predicted octanol–water partition coefficient (Wildman–Crippen LogP) is 2.43. The van der Waals surface area contributed by atoms with Crippen LogP contribution in [0.15, 0.2) is 25.9 Å². The normalized spacial score (nSPS) is 18.4. The Kier molecular flexibility index (Phi) is 2.15. The van der Waals surface area contributed by atoms with Gasteiger partial charge in [-0.05, 0) is 35.2 Å². The van der Waals surface area contributed by atoms with E-state index in [-0.39, 0.29) is 5.54 Å². The van der Waals surface area contributed by atoms with E-state index in [4.69, 9.17) is 14.7 Å². The summed E-state index contributed by atoms with van der Waals surface area (Å²) in [6, 6.07) is 1.78. The molecule has 1 aliphatic carbocycles. The second-order valence-corrected chi connectivity index (χ2v) is 4.85. The average Bonchev–Trinajstić information content (AvgIpc) is 2.82. The summed E-state index contributed by atoms with van der Waals surface area (Å²) in [6.07, 6.45) is 4.52. The molecular weight excluding hydrogens is 274 g/mol. The topological polar surface area (TPSA) is 78.1 Å². The minimum Gasteiger partial charge on any atom is -0.457 e. The maximum absolute atomic E-state index is 6.10. The molecule has 2 aromatic heterocycles. The van der Waals surface area contributed by atoms with Gasteiger partial charge in [0, 0.05) is 6.07 Å². The van der Waals surface area contributed by atoms with Gasteiger partial charge in [0.1, 0.15) is 6.26 Å². The smallest absolute Gasteiger partial charge is 0.261 e. The largest absolute Gasteiger partial charge is 0.457 e. The van der Waals surface area contributed by atoms with Gasteiger partial charge in [-0.25, -0.2) is 0 Å². The highest BCUT2D eigenvalue weighted by atomic mass is 79.9. The van der Waals surface area contributed by atoms with Gasteiger partial charge in [-0.3, -0.25) is 0 Å². The van der Waals surface area contributed by atoms with Gasteiger partial charge in [-0.1, -0.05) is 5.16 Å². The van der Waals surface area contributed by atoms with E-state index in [1.54, 1.807) is 12.3 Å². The molecular formula is C10H10BrN3O2. The maximum Gasteiger partial charge on any atom is 0.261 e. The first kappa shape index (κ1) is 10.0. The molecule has 5 nitrogen and oxygen atoms in total. The Bertz CT molecular complexity index is 516. The van der Waals surface area contributed by atoms with Crippen molar-refractivity contribution in [3.05, 3.63) is 22.8 Å². The summed E-state index contributed by atoms with van der Waals surface area (Å²) in [4.78, 5) is 4.30. The molecule has 0 radical (unpaired) electrons. The van der Waals surface area contributed by atoms with Crippen LogP contribution in [0.25, 0.3) is 11.5 Å². The standard InChI is InChI=1S/C10H10BrN3O2/c11-7-4-6(5-15-7)8-13-9(14-16-8)10(12)2-1-3-10/h4-5H,1-3,12H2. The second-order valence-electron chi connectivity index (χ2n) is 4.07. The van der Waals surface area contributed by atoms with Crippen LogP contribution in [0.4, 0.5) is 0 Å². The molecule has 0 unspecified atom stereocenters. The van der Waals surface area contributed by atoms with E-state index in [0.29, 0.717) is 16.4 Å². The molecule has 1 saturated carbocycles. The van der Waals surface area contributed by atoms with Crippen molar-refractivity contribution in [1.29, 1.82) is 0 Å². The fourth-order valence-corrected chi connectivity index (χ4v) is 2.09. The van der Waals surface area contributed by atoms with Crippen LogP contribution in [-0.4, -0.2) is 10.1 Å². The number of nitrogens with zero attached hydrogens (tertiary/aromatic N) is 2. The molecule has 0 amide bonds. The molecule has 16 heavy (non-hydrogen) atoms. The summed E-state index contributed by atoms with van der Waals surface area (Å²) in [7, 11) is 0. The summed E-state index contributed by atoms with van der Waals surface area (Å²) >= 11 is 3.22. The van der Waals surface area contributed by atoms with Crippen LogP contribution in [0, 0.1) is 0 Å². The molecule has 84 valence electrons. The van der Waals surface area contributed by atoms with Gasteiger partial charge in [0.25, 0.3) is 5.89 Å². The molecule has 0 atom stereocenters. The molecule has 2 heterocycles. The molecule has 1 fully saturated rings. The Labute approximate surface area is 100 Å². The summed E-state index contributed by atoms with van der Waals surface area (Å²) in [6.45, 7) is 0. The maximum atomic E-state index is 6.10. The highest BCUT2D eigenvalue weighted by Crippen LogP contribution is 2.37. The van der Waals surface area contributed by atoms with Gasteiger partial charge in [0.2, 0.25) is 0 Å². The van der Waals surface area contributed by atoms with Crippen LogP contribution < -0.4 is 5.73 Å². The number of rotatable bonds is 2. The molecule has 0 spiro atoms. The summed E-state index contributed by atoms with van der Waals surface area (Å²) in [5.74, 6) is 1.03. The molecule has 0 aromatic carbocycles. The second kappa shape index (κ2) is 3.43. The number of hydrogen-bond donors (Lipinski definition) is 1. The molecule has 2 aromatic rings. The molecule has 0 aliphatic heterocycles. The van der Waals surface area contributed by atoms with Crippen LogP contribution in [0.3, 0.4) is 0 Å². The Balaban J connectivity index is 1.93. The Morgan fingerprint density at radius 2 is 2.25 bits per heavy atom. The Morgan fingerprint density at radius 3 is 2.81 bits per heavy atom. The van der Waals surface area contributed by atoms with Crippen LogP contribution in [0.1, 0.15) is 25.1 Å². The van der Waals surface area contributed by atoms with E-state index >= 15 is 0 Å². The van der Waals surface area contributed by atoms with Crippen LogP contribution in [0.5, 0.6) is 0 Å². The minimum atomic E-state index is -0.386. The minimum absolute atomic E-state index is 0.386. The van der Waals surface area contributed by atoms with Crippen molar-refractivity contribution in [2.24, 2.45) is 5.73 Å². The fraction of sp³-hybridized carbons (Fsp3) is 0.400. The molecule has 0 bridgehead atoms. The van der Waals surface area contributed by atoms with Crippen molar-refractivity contribution < 1.29 is 8.94 Å². The van der Waals surface area contributed by atoms with Crippen molar-refractivity contribution in [3.63, 3.8) is 0 Å². The first-order valence-electron chi connectivity index (χ1n) is 5.05. The fourth-order valence-electron chi connectivity index (χ4n) is 1.75. The predicted molar refractivity (Wildman–Crippen MR) is 59.4 cm³/mol. The quantitative estimate of drug-likeness (QED) is 0.916. The molecule has 1 aliphatic rings. The first-order chi connectivity index (χ1) is 7.67. The lowest BCUT2D eigenvalue weighted by molar-refractivity contribution is 0.229. The van der Waals surface area contributed by atoms with Crippen LogP contribution >= 0.6 is 15.9 Å². The third kappa shape index (κ3) is 1.49. The number of aromatic nitrogens is 2. The van der Waals surface area contributed by atoms with E-state index < -0.39 is 0 Å². The number of furan rings is 1. The highest BCUT2D eigenvalue weighted by molar-refractivity contribution is 9.10. The van der Waals surface area contributed by atoms with Gasteiger partial charge in [0.15, 0.2) is 10.5 Å². The summed E-state index contributed by atoms with van der Waals surface area (Å²) < 4.78 is 10.9. The lowest BCUT2D eigenvalue weighted by atomic mass is 9.77. The summed E-state index contributed by atoms with van der Waals surface area (Å²) in [5.41, 5.74) is 6.47. The molecule has 3 rings (SSSR count). The van der Waals surface area contributed by atoms with E-state index in [1.807, 2.05) is 0 Å². The van der Waals surface area contributed by atoms with Crippen molar-refractivity contribution in [2.45, 2.75) is 24.8 Å². The van der Waals surface area contributed by atoms with E-state index in [2.05, 4.69) is 26.1 Å². The third-order valence-electron chi connectivity index (χ3n) is 2.93. The highest BCUT2D eigenvalue weighted by Gasteiger charge is 2.39. The van der Waals surface area contributed by atoms with Crippen LogP contribution in [-0.2, 0) is 5.54 Å². The number of halogens is 1. The van der Waals surface area contributed by atoms with E-state index in [9.17, 15) is 0 Å². The Morgan fingerprint density at radius 1 is 1.44 bits per heavy atom. The first-order valence-corrected chi connectivity index (χ1v) is 5.84. The van der Waals surface area contributed by atoms with Gasteiger partial charge in [-0.2, -0.15) is 4.98 Å². The van der Waals surface area contributed by atoms with Crippen molar-refractivity contribution in [1.82, 2.24) is 10.1 Å². The van der Waals surface area contributed by atoms with Gasteiger partial charge in [0.05, 0.1) is 11.1 Å². The number of hydrogen-bond acceptors (Lipinski definition) is 5. The lowest BCUT2D eigenvalue weighted by Crippen LogP contribution is -2.44. The van der Waals surface area contributed by atoms with Gasteiger partial charge >= 0.3 is 0 Å². The lowest BCUT2D eigenvalue weighted by Gasteiger charge is -2.34. The van der Waals surface area contributed by atoms with Crippen molar-refractivity contribution >= 4 is 15.9 Å². The third-order valence-corrected chi connectivity index (χ3v) is 3.35. The zero-order valence-corrected chi connectivity index (χ0v) is 10.0. The van der Waals surface area contributed by atoms with E-state index in [0.717, 1.165) is 24.8 Å². The van der Waals surface area contributed by atoms with Crippen molar-refractivity contribution in [2.75, 3.05) is 0 Å². The zero-order chi connectivity index (χ0) is 11.2. The van der Waals surface area contributed by atoms with Crippen LogP contribution in [0.2, 0.25) is 0 Å². The Hall–Kier alpha value is -1.14. The zero-order valence-electron chi connectivity index (χ0n) is 8.44. The number of nitrogens with two attached hydrogens (primary N) is 1.